The number of benzene rings is 1. The molecule has 14 heavy (non-hydrogen) atoms. The third-order valence-corrected chi connectivity index (χ3v) is 2.89. The van der Waals surface area contributed by atoms with Crippen LogP contribution in [0.15, 0.2) is 29.6 Å². The van der Waals surface area contributed by atoms with Crippen LogP contribution in [0.1, 0.15) is 5.56 Å². The van der Waals surface area contributed by atoms with Gasteiger partial charge in [0, 0.05) is 15.5 Å². The molecule has 0 amide bonds. The molecule has 1 heterocycles. The average molecular weight is 228 g/mol. The van der Waals surface area contributed by atoms with E-state index < -0.39 is 0 Å². The van der Waals surface area contributed by atoms with Gasteiger partial charge in [-0.05, 0) is 6.07 Å². The summed E-state index contributed by atoms with van der Waals surface area (Å²) < 4.78 is 6.09. The molecule has 2 aromatic rings. The van der Waals surface area contributed by atoms with Crippen LogP contribution >= 0.6 is 23.7 Å². The van der Waals surface area contributed by atoms with E-state index in [1.165, 1.54) is 11.8 Å². The first-order chi connectivity index (χ1) is 6.33. The van der Waals surface area contributed by atoms with Crippen LogP contribution in [0, 0.1) is 5.41 Å². The molecule has 2 nitrogen and oxygen atoms in total. The second-order valence-corrected chi connectivity index (χ2v) is 3.59. The number of halogens is 1. The van der Waals surface area contributed by atoms with Gasteiger partial charge in [0.15, 0.2) is 0 Å². The van der Waals surface area contributed by atoms with Gasteiger partial charge in [0.1, 0.15) is 0 Å². The van der Waals surface area contributed by atoms with Crippen molar-refractivity contribution in [2.24, 2.45) is 0 Å². The number of rotatable bonds is 1. The van der Waals surface area contributed by atoms with Crippen LogP contribution in [0.3, 0.4) is 0 Å². The SMILES string of the molecule is COC(=N)c1csc2ccccc12.Cl. The molecule has 0 saturated heterocycles. The second-order valence-electron chi connectivity index (χ2n) is 2.68. The van der Waals surface area contributed by atoms with Crippen molar-refractivity contribution in [3.63, 3.8) is 0 Å². The molecule has 0 fully saturated rings. The smallest absolute Gasteiger partial charge is 0.214 e. The van der Waals surface area contributed by atoms with Gasteiger partial charge in [-0.15, -0.1) is 23.7 Å². The van der Waals surface area contributed by atoms with Gasteiger partial charge >= 0.3 is 0 Å². The Morgan fingerprint density at radius 2 is 2.07 bits per heavy atom. The summed E-state index contributed by atoms with van der Waals surface area (Å²) >= 11 is 1.64. The maximum atomic E-state index is 7.56. The topological polar surface area (TPSA) is 33.1 Å². The zero-order chi connectivity index (χ0) is 9.26. The van der Waals surface area contributed by atoms with Gasteiger partial charge in [-0.1, -0.05) is 18.2 Å². The molecular formula is C10H10ClNOS. The molecule has 0 atom stereocenters. The van der Waals surface area contributed by atoms with Crippen LogP contribution < -0.4 is 0 Å². The molecule has 0 aliphatic rings. The first-order valence-electron chi connectivity index (χ1n) is 3.92. The maximum absolute atomic E-state index is 7.56. The number of thiophene rings is 1. The van der Waals surface area contributed by atoms with Gasteiger partial charge in [-0.3, -0.25) is 5.41 Å². The molecule has 0 aliphatic carbocycles. The fraction of sp³-hybridized carbons (Fsp3) is 0.100. The highest BCUT2D eigenvalue weighted by Gasteiger charge is 2.07. The predicted molar refractivity (Wildman–Crippen MR) is 62.9 cm³/mol. The fourth-order valence-corrected chi connectivity index (χ4v) is 2.20. The molecule has 0 saturated carbocycles. The lowest BCUT2D eigenvalue weighted by Crippen LogP contribution is -1.99. The molecule has 1 N–H and O–H groups in total. The lowest BCUT2D eigenvalue weighted by molar-refractivity contribution is 0.401. The molecule has 0 bridgehead atoms. The Kier molecular flexibility index (Phi) is 3.49. The van der Waals surface area contributed by atoms with Crippen molar-refractivity contribution in [1.29, 1.82) is 5.41 Å². The third-order valence-electron chi connectivity index (χ3n) is 1.93. The Labute approximate surface area is 92.4 Å². The number of hydrogen-bond acceptors (Lipinski definition) is 3. The Bertz CT molecular complexity index is 452. The van der Waals surface area contributed by atoms with Crippen LogP contribution in [-0.2, 0) is 4.74 Å². The minimum absolute atomic E-state index is 0. The van der Waals surface area contributed by atoms with Crippen molar-refractivity contribution in [1.82, 2.24) is 0 Å². The van der Waals surface area contributed by atoms with Crippen LogP contribution in [-0.4, -0.2) is 13.0 Å². The van der Waals surface area contributed by atoms with Crippen LogP contribution in [0.5, 0.6) is 0 Å². The zero-order valence-corrected chi connectivity index (χ0v) is 9.24. The number of fused-ring (bicyclic) bond motifs is 1. The van der Waals surface area contributed by atoms with Crippen LogP contribution in [0.2, 0.25) is 0 Å². The summed E-state index contributed by atoms with van der Waals surface area (Å²) in [4.78, 5) is 0. The van der Waals surface area contributed by atoms with E-state index in [1.807, 2.05) is 29.6 Å². The molecule has 4 heteroatoms. The molecule has 74 valence electrons. The van der Waals surface area contributed by atoms with Crippen molar-refractivity contribution >= 4 is 39.7 Å². The first-order valence-corrected chi connectivity index (χ1v) is 4.80. The second kappa shape index (κ2) is 4.44. The number of nitrogens with one attached hydrogen (secondary N) is 1. The van der Waals surface area contributed by atoms with Gasteiger partial charge in [0.25, 0.3) is 0 Å². The van der Waals surface area contributed by atoms with E-state index in [-0.39, 0.29) is 18.3 Å². The molecule has 0 spiro atoms. The molecule has 0 radical (unpaired) electrons. The normalized spacial score (nSPS) is 9.50. The summed E-state index contributed by atoms with van der Waals surface area (Å²) in [5, 5.41) is 10.6. The van der Waals surface area contributed by atoms with Gasteiger partial charge < -0.3 is 4.74 Å². The van der Waals surface area contributed by atoms with Gasteiger partial charge in [0.05, 0.1) is 12.7 Å². The minimum atomic E-state index is 0. The lowest BCUT2D eigenvalue weighted by atomic mass is 10.2. The summed E-state index contributed by atoms with van der Waals surface area (Å²) in [5.74, 6) is 0.234. The Balaban J connectivity index is 0.000000980. The monoisotopic (exact) mass is 227 g/mol. The summed E-state index contributed by atoms with van der Waals surface area (Å²) in [6, 6.07) is 8.03. The number of methoxy groups -OCH3 is 1. The quantitative estimate of drug-likeness (QED) is 0.589. The lowest BCUT2D eigenvalue weighted by Gasteiger charge is -1.98. The van der Waals surface area contributed by atoms with E-state index in [9.17, 15) is 0 Å². The number of hydrogen-bond donors (Lipinski definition) is 1. The van der Waals surface area contributed by atoms with Crippen LogP contribution in [0.4, 0.5) is 0 Å². The molecule has 1 aromatic carbocycles. The Morgan fingerprint density at radius 1 is 1.36 bits per heavy atom. The molecule has 0 unspecified atom stereocenters. The van der Waals surface area contributed by atoms with Crippen molar-refractivity contribution in [2.45, 2.75) is 0 Å². The van der Waals surface area contributed by atoms with Crippen molar-refractivity contribution < 1.29 is 4.74 Å². The van der Waals surface area contributed by atoms with E-state index >= 15 is 0 Å². The maximum Gasteiger partial charge on any atom is 0.214 e. The summed E-state index contributed by atoms with van der Waals surface area (Å²) in [6.07, 6.45) is 0. The van der Waals surface area contributed by atoms with Crippen molar-refractivity contribution in [3.05, 3.63) is 35.2 Å². The highest BCUT2D eigenvalue weighted by molar-refractivity contribution is 7.17. The highest BCUT2D eigenvalue weighted by atomic mass is 35.5. The zero-order valence-electron chi connectivity index (χ0n) is 7.61. The first kappa shape index (κ1) is 11.0. The van der Waals surface area contributed by atoms with Crippen molar-refractivity contribution in [3.8, 4) is 0 Å². The third kappa shape index (κ3) is 1.74. The van der Waals surface area contributed by atoms with E-state index in [2.05, 4.69) is 0 Å². The molecule has 2 rings (SSSR count). The highest BCUT2D eigenvalue weighted by Crippen LogP contribution is 2.25. The van der Waals surface area contributed by atoms with Gasteiger partial charge in [-0.25, -0.2) is 0 Å². The minimum Gasteiger partial charge on any atom is -0.481 e. The van der Waals surface area contributed by atoms with E-state index in [4.69, 9.17) is 10.1 Å². The Hall–Kier alpha value is -1.06. The summed E-state index contributed by atoms with van der Waals surface area (Å²) in [7, 11) is 1.52. The van der Waals surface area contributed by atoms with E-state index in [1.54, 1.807) is 11.3 Å². The van der Waals surface area contributed by atoms with E-state index in [0.29, 0.717) is 0 Å². The summed E-state index contributed by atoms with van der Waals surface area (Å²) in [5.41, 5.74) is 0.878. The number of ether oxygens (including phenoxy) is 1. The average Bonchev–Trinajstić information content (AvgIpc) is 2.60. The summed E-state index contributed by atoms with van der Waals surface area (Å²) in [6.45, 7) is 0. The van der Waals surface area contributed by atoms with E-state index in [0.717, 1.165) is 10.9 Å². The largest absolute Gasteiger partial charge is 0.481 e. The predicted octanol–water partition coefficient (Wildman–Crippen LogP) is 3.29. The van der Waals surface area contributed by atoms with Crippen molar-refractivity contribution in [2.75, 3.05) is 7.11 Å². The fourth-order valence-electron chi connectivity index (χ4n) is 1.26. The molecule has 0 aliphatic heterocycles. The van der Waals surface area contributed by atoms with Crippen LogP contribution in [0.25, 0.3) is 10.1 Å². The standard InChI is InChI=1S/C10H9NOS.ClH/c1-12-10(11)8-6-13-9-5-3-2-4-7(8)9;/h2-6,11H,1H3;1H. The van der Waals surface area contributed by atoms with Gasteiger partial charge in [0.2, 0.25) is 5.90 Å². The van der Waals surface area contributed by atoms with Gasteiger partial charge in [-0.2, -0.15) is 0 Å². The molecule has 1 aromatic heterocycles. The Morgan fingerprint density at radius 3 is 2.79 bits per heavy atom. The molecular weight excluding hydrogens is 218 g/mol.